The summed E-state index contributed by atoms with van der Waals surface area (Å²) < 4.78 is 12.5. The fourth-order valence-corrected chi connectivity index (χ4v) is 3.10. The van der Waals surface area contributed by atoms with Crippen molar-refractivity contribution in [2.24, 2.45) is 0 Å². The van der Waals surface area contributed by atoms with E-state index in [1.807, 2.05) is 19.1 Å². The van der Waals surface area contributed by atoms with Crippen molar-refractivity contribution < 1.29 is 14.3 Å². The van der Waals surface area contributed by atoms with Gasteiger partial charge in [-0.25, -0.2) is 4.79 Å². The van der Waals surface area contributed by atoms with Crippen molar-refractivity contribution in [3.05, 3.63) is 94.9 Å². The van der Waals surface area contributed by atoms with Gasteiger partial charge in [0.2, 0.25) is 0 Å². The van der Waals surface area contributed by atoms with Gasteiger partial charge < -0.3 is 9.47 Å². The van der Waals surface area contributed by atoms with Crippen molar-refractivity contribution in [2.45, 2.75) is 13.3 Å². The van der Waals surface area contributed by atoms with Gasteiger partial charge in [-0.15, -0.1) is 0 Å². The fourth-order valence-electron chi connectivity index (χ4n) is 3.10. The molecule has 3 aromatic carbocycles. The molecule has 0 unspecified atom stereocenters. The number of ether oxygens (including phenoxy) is 2. The lowest BCUT2D eigenvalue weighted by Gasteiger charge is -2.13. The zero-order valence-corrected chi connectivity index (χ0v) is 16.4. The number of hydrogen-bond donors (Lipinski definition) is 0. The molecule has 4 rings (SSSR count). The summed E-state index contributed by atoms with van der Waals surface area (Å²) in [4.78, 5) is 26.1. The first-order valence-electron chi connectivity index (χ1n) is 9.70. The molecule has 0 fully saturated rings. The van der Waals surface area contributed by atoms with E-state index < -0.39 is 5.97 Å². The third-order valence-electron chi connectivity index (χ3n) is 4.51. The molecule has 0 bridgehead atoms. The van der Waals surface area contributed by atoms with E-state index in [-0.39, 0.29) is 11.3 Å². The molecule has 0 saturated heterocycles. The van der Waals surface area contributed by atoms with Crippen LogP contribution < -0.4 is 15.0 Å². The molecule has 4 aromatic rings. The second kappa shape index (κ2) is 8.61. The van der Waals surface area contributed by atoms with Crippen molar-refractivity contribution in [3.8, 4) is 17.2 Å². The molecular weight excluding hydrogens is 380 g/mol. The molecule has 0 aliphatic rings. The summed E-state index contributed by atoms with van der Waals surface area (Å²) in [7, 11) is 0. The summed E-state index contributed by atoms with van der Waals surface area (Å²) in [6, 6.07) is 22.8. The number of fused-ring (bicyclic) bond motifs is 1. The van der Waals surface area contributed by atoms with Gasteiger partial charge in [0.25, 0.3) is 5.56 Å². The minimum Gasteiger partial charge on any atom is -0.490 e. The maximum absolute atomic E-state index is 13.1. The number of benzene rings is 3. The lowest BCUT2D eigenvalue weighted by Crippen LogP contribution is -2.26. The van der Waals surface area contributed by atoms with E-state index in [1.165, 1.54) is 4.68 Å². The number of carbonyl (C=O) groups is 1. The fraction of sp³-hybridized carbons (Fsp3) is 0.125. The molecule has 1 aromatic heterocycles. The molecule has 1 heterocycles. The average molecular weight is 400 g/mol. The number of rotatable bonds is 6. The smallest absolute Gasteiger partial charge is 0.364 e. The maximum atomic E-state index is 13.1. The number of para-hydroxylation sites is 3. The largest absolute Gasteiger partial charge is 0.490 e. The van der Waals surface area contributed by atoms with E-state index >= 15 is 0 Å². The zero-order valence-electron chi connectivity index (χ0n) is 16.4. The van der Waals surface area contributed by atoms with E-state index in [0.717, 1.165) is 6.42 Å². The highest BCUT2D eigenvalue weighted by atomic mass is 16.6. The summed E-state index contributed by atoms with van der Waals surface area (Å²) in [6.45, 7) is 2.51. The molecular formula is C24H20N2O4. The minimum atomic E-state index is -0.663. The number of hydrogen-bond acceptors (Lipinski definition) is 5. The summed E-state index contributed by atoms with van der Waals surface area (Å²) in [6.07, 6.45) is 0.830. The Balaban J connectivity index is 1.80. The summed E-state index contributed by atoms with van der Waals surface area (Å²) >= 11 is 0. The predicted octanol–water partition coefficient (Wildman–Crippen LogP) is 4.39. The van der Waals surface area contributed by atoms with Crippen LogP contribution >= 0.6 is 0 Å². The standard InChI is InChI=1S/C24H20N2O4/c1-2-16-29-20-14-8-9-15-21(20)30-24(28)22-18-12-6-7-13-19(18)23(27)26(25-22)17-10-4-3-5-11-17/h3-15H,2,16H2,1H3. The Bertz CT molecular complexity index is 1250. The van der Waals surface area contributed by atoms with Gasteiger partial charge in [-0.1, -0.05) is 55.5 Å². The van der Waals surface area contributed by atoms with Gasteiger partial charge in [-0.2, -0.15) is 9.78 Å². The van der Waals surface area contributed by atoms with Crippen molar-refractivity contribution in [2.75, 3.05) is 6.61 Å². The third kappa shape index (κ3) is 3.80. The molecule has 0 aliphatic carbocycles. The number of esters is 1. The van der Waals surface area contributed by atoms with Crippen LogP contribution in [0.4, 0.5) is 0 Å². The Hall–Kier alpha value is -3.93. The van der Waals surface area contributed by atoms with E-state index in [1.54, 1.807) is 66.7 Å². The maximum Gasteiger partial charge on any atom is 0.364 e. The quantitative estimate of drug-likeness (QED) is 0.355. The molecule has 0 radical (unpaired) electrons. The van der Waals surface area contributed by atoms with Crippen LogP contribution in [0.2, 0.25) is 0 Å². The van der Waals surface area contributed by atoms with E-state index in [4.69, 9.17) is 9.47 Å². The van der Waals surface area contributed by atoms with Gasteiger partial charge in [-0.05, 0) is 36.8 Å². The van der Waals surface area contributed by atoms with Gasteiger partial charge in [0.1, 0.15) is 0 Å². The number of nitrogens with zero attached hydrogens (tertiary/aromatic N) is 2. The van der Waals surface area contributed by atoms with Gasteiger partial charge in [0.05, 0.1) is 17.7 Å². The molecule has 30 heavy (non-hydrogen) atoms. The lowest BCUT2D eigenvalue weighted by atomic mass is 10.1. The van der Waals surface area contributed by atoms with Crippen LogP contribution in [0, 0.1) is 0 Å². The molecule has 0 atom stereocenters. The van der Waals surface area contributed by atoms with Gasteiger partial charge in [0, 0.05) is 5.39 Å². The highest BCUT2D eigenvalue weighted by Crippen LogP contribution is 2.28. The highest BCUT2D eigenvalue weighted by Gasteiger charge is 2.20. The van der Waals surface area contributed by atoms with Crippen LogP contribution in [0.15, 0.2) is 83.7 Å². The van der Waals surface area contributed by atoms with E-state index in [0.29, 0.717) is 34.6 Å². The van der Waals surface area contributed by atoms with Crippen LogP contribution in [-0.2, 0) is 0 Å². The van der Waals surface area contributed by atoms with Crippen LogP contribution in [-0.4, -0.2) is 22.4 Å². The van der Waals surface area contributed by atoms with Crippen LogP contribution in [0.1, 0.15) is 23.8 Å². The predicted molar refractivity (Wildman–Crippen MR) is 115 cm³/mol. The number of aromatic nitrogens is 2. The first kappa shape index (κ1) is 19.4. The Morgan fingerprint density at radius 3 is 2.23 bits per heavy atom. The second-order valence-electron chi connectivity index (χ2n) is 6.63. The van der Waals surface area contributed by atoms with Crippen LogP contribution in [0.3, 0.4) is 0 Å². The van der Waals surface area contributed by atoms with Crippen LogP contribution in [0.25, 0.3) is 16.5 Å². The Morgan fingerprint density at radius 1 is 0.867 bits per heavy atom. The SMILES string of the molecule is CCCOc1ccccc1OC(=O)c1nn(-c2ccccc2)c(=O)c2ccccc12. The Morgan fingerprint density at radius 2 is 1.50 bits per heavy atom. The molecule has 150 valence electrons. The minimum absolute atomic E-state index is 0.0550. The van der Waals surface area contributed by atoms with Crippen molar-refractivity contribution in [3.63, 3.8) is 0 Å². The molecule has 0 spiro atoms. The summed E-state index contributed by atoms with van der Waals surface area (Å²) in [5.41, 5.74) is 0.313. The van der Waals surface area contributed by atoms with E-state index in [9.17, 15) is 9.59 Å². The monoisotopic (exact) mass is 400 g/mol. The van der Waals surface area contributed by atoms with Gasteiger partial charge >= 0.3 is 5.97 Å². The first-order valence-corrected chi connectivity index (χ1v) is 9.70. The summed E-state index contributed by atoms with van der Waals surface area (Å²) in [5, 5.41) is 5.17. The zero-order chi connectivity index (χ0) is 20.9. The lowest BCUT2D eigenvalue weighted by molar-refractivity contribution is 0.0722. The van der Waals surface area contributed by atoms with E-state index in [2.05, 4.69) is 5.10 Å². The third-order valence-corrected chi connectivity index (χ3v) is 4.51. The first-order chi connectivity index (χ1) is 14.7. The number of carbonyl (C=O) groups excluding carboxylic acids is 1. The van der Waals surface area contributed by atoms with Crippen molar-refractivity contribution in [1.82, 2.24) is 9.78 Å². The molecule has 6 heteroatoms. The Labute approximate surface area is 173 Å². The normalized spacial score (nSPS) is 10.7. The molecule has 0 N–H and O–H groups in total. The van der Waals surface area contributed by atoms with Crippen molar-refractivity contribution in [1.29, 1.82) is 0 Å². The topological polar surface area (TPSA) is 70.4 Å². The summed E-state index contributed by atoms with van der Waals surface area (Å²) in [5.74, 6) is 0.121. The second-order valence-corrected chi connectivity index (χ2v) is 6.63. The van der Waals surface area contributed by atoms with Crippen LogP contribution in [0.5, 0.6) is 11.5 Å². The van der Waals surface area contributed by atoms with Gasteiger partial charge in [0.15, 0.2) is 17.2 Å². The van der Waals surface area contributed by atoms with Crippen molar-refractivity contribution >= 4 is 16.7 Å². The van der Waals surface area contributed by atoms with Gasteiger partial charge in [-0.3, -0.25) is 4.79 Å². The molecule has 0 aliphatic heterocycles. The molecule has 6 nitrogen and oxygen atoms in total. The molecule has 0 amide bonds. The average Bonchev–Trinajstić information content (AvgIpc) is 2.79. The molecule has 0 saturated carbocycles. The Kier molecular flexibility index (Phi) is 5.57. The highest BCUT2D eigenvalue weighted by molar-refractivity contribution is 6.03.